The summed E-state index contributed by atoms with van der Waals surface area (Å²) in [4.78, 5) is 52.9. The zero-order valence-electron chi connectivity index (χ0n) is 26.6. The average Bonchev–Trinajstić information content (AvgIpc) is 3.14. The number of carbonyl (C=O) groups excluding carboxylic acids is 3. The molecule has 0 aliphatic heterocycles. The molecule has 0 spiro atoms. The normalized spacial score (nSPS) is 11.7. The van der Waals surface area contributed by atoms with Crippen molar-refractivity contribution in [2.45, 2.75) is 10.1 Å². The van der Waals surface area contributed by atoms with E-state index >= 15 is 0 Å². The van der Waals surface area contributed by atoms with E-state index in [1.807, 2.05) is 84.9 Å². The molecule has 4 N–H and O–H groups in total. The van der Waals surface area contributed by atoms with E-state index < -0.39 is 23.0 Å². The highest BCUT2D eigenvalue weighted by Gasteiger charge is 2.23. The van der Waals surface area contributed by atoms with E-state index in [1.54, 1.807) is 60.7 Å². The molecule has 0 aromatic heterocycles. The number of hydrogen-bond donors (Lipinski definition) is 4. The molecule has 1 unspecified atom stereocenters. The lowest BCUT2D eigenvalue weighted by molar-refractivity contribution is -0.116. The summed E-state index contributed by atoms with van der Waals surface area (Å²) < 4.78 is 0. The van der Waals surface area contributed by atoms with Gasteiger partial charge >= 0.3 is 5.97 Å². The zero-order chi connectivity index (χ0) is 34.9. The van der Waals surface area contributed by atoms with Crippen LogP contribution >= 0.6 is 11.8 Å². The van der Waals surface area contributed by atoms with Gasteiger partial charge in [-0.05, 0) is 76.5 Å². The number of benzene rings is 6. The number of fused-ring (bicyclic) bond motifs is 1. The van der Waals surface area contributed by atoms with Gasteiger partial charge in [0, 0.05) is 21.8 Å². The Morgan fingerprint density at radius 1 is 0.620 bits per heavy atom. The minimum Gasteiger partial charge on any atom is -0.478 e. The Labute approximate surface area is 292 Å². The van der Waals surface area contributed by atoms with Crippen LogP contribution in [0.4, 0.5) is 11.4 Å². The molecule has 6 aromatic rings. The van der Waals surface area contributed by atoms with Crippen LogP contribution in [-0.4, -0.2) is 28.8 Å². The number of rotatable bonds is 11. The molecule has 1 atom stereocenters. The summed E-state index contributed by atoms with van der Waals surface area (Å²) in [7, 11) is 0. The van der Waals surface area contributed by atoms with Crippen molar-refractivity contribution in [1.29, 1.82) is 0 Å². The maximum Gasteiger partial charge on any atom is 0.335 e. The molecular weight excluding hydrogens is 647 g/mol. The third-order valence-corrected chi connectivity index (χ3v) is 8.96. The van der Waals surface area contributed by atoms with Crippen LogP contribution in [0, 0.1) is 0 Å². The molecule has 9 heteroatoms. The van der Waals surface area contributed by atoms with Crippen molar-refractivity contribution < 1.29 is 24.3 Å². The largest absolute Gasteiger partial charge is 0.478 e. The van der Waals surface area contributed by atoms with Gasteiger partial charge in [0.2, 0.25) is 5.91 Å². The lowest BCUT2D eigenvalue weighted by atomic mass is 10.0. The second-order valence-corrected chi connectivity index (χ2v) is 12.4. The summed E-state index contributed by atoms with van der Waals surface area (Å²) in [5.74, 6) is -2.40. The summed E-state index contributed by atoms with van der Waals surface area (Å²) >= 11 is 1.28. The predicted octanol–water partition coefficient (Wildman–Crippen LogP) is 8.42. The van der Waals surface area contributed by atoms with Crippen molar-refractivity contribution in [1.82, 2.24) is 5.32 Å². The third kappa shape index (κ3) is 8.33. The van der Waals surface area contributed by atoms with Crippen LogP contribution in [0.25, 0.3) is 16.8 Å². The standard InChI is InChI=1S/C41H31N3O5S/c45-38(29-15-5-2-6-16-29)44-36(25-30-18-9-17-27-12-7-8-23-35(27)30)39(46)42-33-21-11-22-34(26-33)50-37(28-13-3-1-4-14-28)40(47)43-32-20-10-19-31(24-32)41(48)49/h1-26,37H,(H,42,46)(H,43,47)(H,44,45)(H,48,49)/b36-25+. The molecule has 0 aliphatic carbocycles. The molecule has 3 amide bonds. The van der Waals surface area contributed by atoms with Gasteiger partial charge in [0.05, 0.1) is 5.56 Å². The Balaban J connectivity index is 1.26. The van der Waals surface area contributed by atoms with Crippen molar-refractivity contribution in [3.05, 3.63) is 180 Å². The smallest absolute Gasteiger partial charge is 0.335 e. The Bertz CT molecular complexity index is 2220. The molecule has 6 rings (SSSR count). The Morgan fingerprint density at radius 2 is 1.24 bits per heavy atom. The molecule has 8 nitrogen and oxygen atoms in total. The van der Waals surface area contributed by atoms with Gasteiger partial charge < -0.3 is 21.1 Å². The number of amides is 3. The fraction of sp³-hybridized carbons (Fsp3) is 0.0244. The van der Waals surface area contributed by atoms with E-state index in [1.165, 1.54) is 23.9 Å². The second-order valence-electron chi connectivity index (χ2n) is 11.2. The summed E-state index contributed by atoms with van der Waals surface area (Å²) in [6.07, 6.45) is 1.66. The molecule has 0 heterocycles. The van der Waals surface area contributed by atoms with Gasteiger partial charge in [0.25, 0.3) is 11.8 Å². The molecular formula is C41H31N3O5S. The number of nitrogens with one attached hydrogen (secondary N) is 3. The molecule has 0 radical (unpaired) electrons. The maximum absolute atomic E-state index is 13.9. The molecule has 0 saturated heterocycles. The highest BCUT2D eigenvalue weighted by Crippen LogP contribution is 2.37. The van der Waals surface area contributed by atoms with Crippen LogP contribution < -0.4 is 16.0 Å². The van der Waals surface area contributed by atoms with Gasteiger partial charge in [-0.2, -0.15) is 0 Å². The Morgan fingerprint density at radius 3 is 2.00 bits per heavy atom. The first kappa shape index (κ1) is 33.5. The summed E-state index contributed by atoms with van der Waals surface area (Å²) in [6, 6.07) is 44.6. The number of aromatic carboxylic acids is 1. The molecule has 6 aromatic carbocycles. The Hall–Kier alpha value is -6.45. The van der Waals surface area contributed by atoms with Crippen molar-refractivity contribution >= 4 is 63.7 Å². The van der Waals surface area contributed by atoms with Gasteiger partial charge in [-0.25, -0.2) is 4.79 Å². The van der Waals surface area contributed by atoms with Gasteiger partial charge in [-0.1, -0.05) is 103 Å². The van der Waals surface area contributed by atoms with Crippen LogP contribution in [0.1, 0.15) is 37.1 Å². The number of carbonyl (C=O) groups is 4. The second kappa shape index (κ2) is 15.6. The van der Waals surface area contributed by atoms with E-state index in [2.05, 4.69) is 16.0 Å². The molecule has 0 bridgehead atoms. The minimum atomic E-state index is -1.09. The Kier molecular flexibility index (Phi) is 10.5. The first-order chi connectivity index (χ1) is 24.3. The lowest BCUT2D eigenvalue weighted by Crippen LogP contribution is -2.30. The van der Waals surface area contributed by atoms with Crippen LogP contribution in [0.15, 0.2) is 162 Å². The number of hydrogen-bond acceptors (Lipinski definition) is 5. The van der Waals surface area contributed by atoms with Crippen molar-refractivity contribution in [2.24, 2.45) is 0 Å². The summed E-state index contributed by atoms with van der Waals surface area (Å²) in [6.45, 7) is 0. The van der Waals surface area contributed by atoms with Crippen LogP contribution in [0.3, 0.4) is 0 Å². The van der Waals surface area contributed by atoms with E-state index in [9.17, 15) is 24.3 Å². The van der Waals surface area contributed by atoms with Crippen molar-refractivity contribution in [2.75, 3.05) is 10.6 Å². The highest BCUT2D eigenvalue weighted by molar-refractivity contribution is 8.00. The quantitative estimate of drug-likeness (QED) is 0.0806. The van der Waals surface area contributed by atoms with Crippen LogP contribution in [0.2, 0.25) is 0 Å². The molecule has 246 valence electrons. The molecule has 50 heavy (non-hydrogen) atoms. The average molecular weight is 678 g/mol. The predicted molar refractivity (Wildman–Crippen MR) is 198 cm³/mol. The maximum atomic E-state index is 13.9. The van der Waals surface area contributed by atoms with Crippen molar-refractivity contribution in [3.63, 3.8) is 0 Å². The first-order valence-electron chi connectivity index (χ1n) is 15.7. The van der Waals surface area contributed by atoms with E-state index in [0.717, 1.165) is 21.9 Å². The van der Waals surface area contributed by atoms with E-state index in [4.69, 9.17) is 0 Å². The van der Waals surface area contributed by atoms with Crippen molar-refractivity contribution in [3.8, 4) is 0 Å². The highest BCUT2D eigenvalue weighted by atomic mass is 32.2. The number of anilines is 2. The van der Waals surface area contributed by atoms with E-state index in [-0.39, 0.29) is 17.2 Å². The molecule has 0 aliphatic rings. The van der Waals surface area contributed by atoms with E-state index in [0.29, 0.717) is 21.8 Å². The third-order valence-electron chi connectivity index (χ3n) is 7.72. The van der Waals surface area contributed by atoms with Gasteiger partial charge in [0.15, 0.2) is 0 Å². The molecule has 0 saturated carbocycles. The van der Waals surface area contributed by atoms with Gasteiger partial charge in [0.1, 0.15) is 10.9 Å². The molecule has 0 fully saturated rings. The summed E-state index contributed by atoms with van der Waals surface area (Å²) in [5, 5.41) is 19.2. The zero-order valence-corrected chi connectivity index (χ0v) is 27.4. The number of carboxylic acid groups (broad SMARTS) is 1. The SMILES string of the molecule is O=C(Nc1cccc(SC(C(=O)Nc2cccc(C(=O)O)c2)c2ccccc2)c1)/C(=C\c1cccc2ccccc12)NC(=O)c1ccccc1. The fourth-order valence-corrected chi connectivity index (χ4v) is 6.38. The monoisotopic (exact) mass is 677 g/mol. The van der Waals surface area contributed by atoms with Crippen LogP contribution in [-0.2, 0) is 9.59 Å². The fourth-order valence-electron chi connectivity index (χ4n) is 5.29. The van der Waals surface area contributed by atoms with Gasteiger partial charge in [-0.3, -0.25) is 14.4 Å². The topological polar surface area (TPSA) is 125 Å². The van der Waals surface area contributed by atoms with Gasteiger partial charge in [-0.15, -0.1) is 11.8 Å². The number of carboxylic acids is 1. The number of thioether (sulfide) groups is 1. The lowest BCUT2D eigenvalue weighted by Gasteiger charge is -2.18. The van der Waals surface area contributed by atoms with Crippen LogP contribution in [0.5, 0.6) is 0 Å². The minimum absolute atomic E-state index is 0.0541. The summed E-state index contributed by atoms with van der Waals surface area (Å²) in [5.41, 5.74) is 2.84. The first-order valence-corrected chi connectivity index (χ1v) is 16.5.